The van der Waals surface area contributed by atoms with Gasteiger partial charge in [-0.15, -0.1) is 0 Å². The van der Waals surface area contributed by atoms with Crippen molar-refractivity contribution in [2.75, 3.05) is 0 Å². The SMILES string of the molecule is C1CCC([P+](C2CCCCC2)C2CCCCC2)CC1. The van der Waals surface area contributed by atoms with Gasteiger partial charge in [-0.2, -0.15) is 0 Å². The lowest BCUT2D eigenvalue weighted by Gasteiger charge is -2.34. The summed E-state index contributed by atoms with van der Waals surface area (Å²) in [6.07, 6.45) is 23.6. The van der Waals surface area contributed by atoms with Crippen molar-refractivity contribution in [2.24, 2.45) is 0 Å². The lowest BCUT2D eigenvalue weighted by atomic mass is 9.99. The molecule has 3 rings (SSSR count). The third-order valence-corrected chi connectivity index (χ3v) is 10.1. The summed E-state index contributed by atoms with van der Waals surface area (Å²) >= 11 is 0. The van der Waals surface area contributed by atoms with E-state index in [4.69, 9.17) is 0 Å². The zero-order valence-electron chi connectivity index (χ0n) is 12.8. The van der Waals surface area contributed by atoms with Gasteiger partial charge in [0.25, 0.3) is 0 Å². The Morgan fingerprint density at radius 1 is 0.368 bits per heavy atom. The first kappa shape index (κ1) is 14.4. The average Bonchev–Trinajstić information content (AvgIpc) is 2.51. The normalized spacial score (nSPS) is 28.9. The number of rotatable bonds is 3. The highest BCUT2D eigenvalue weighted by Crippen LogP contribution is 2.61. The zero-order valence-corrected chi connectivity index (χ0v) is 13.7. The molecule has 1 heteroatoms. The van der Waals surface area contributed by atoms with E-state index in [0.29, 0.717) is 7.92 Å². The van der Waals surface area contributed by atoms with Gasteiger partial charge in [0.1, 0.15) is 24.9 Å². The van der Waals surface area contributed by atoms with Gasteiger partial charge in [-0.3, -0.25) is 0 Å². The lowest BCUT2D eigenvalue weighted by Crippen LogP contribution is -2.28. The molecule has 0 unspecified atom stereocenters. The molecule has 3 aliphatic rings. The summed E-state index contributed by atoms with van der Waals surface area (Å²) in [6.45, 7) is 0. The first-order valence-corrected chi connectivity index (χ1v) is 10.8. The van der Waals surface area contributed by atoms with E-state index in [9.17, 15) is 0 Å². The van der Waals surface area contributed by atoms with Crippen molar-refractivity contribution in [3.8, 4) is 0 Å². The molecule has 0 aliphatic heterocycles. The van der Waals surface area contributed by atoms with Gasteiger partial charge in [0.2, 0.25) is 0 Å². The molecule has 3 saturated carbocycles. The molecule has 0 aromatic carbocycles. The Hall–Kier alpha value is 0.430. The summed E-state index contributed by atoms with van der Waals surface area (Å²) in [5.41, 5.74) is 3.57. The van der Waals surface area contributed by atoms with E-state index in [1.165, 1.54) is 36.2 Å². The maximum Gasteiger partial charge on any atom is 0.144 e. The van der Waals surface area contributed by atoms with Crippen molar-refractivity contribution >= 4 is 7.92 Å². The Morgan fingerprint density at radius 3 is 0.895 bits per heavy atom. The van der Waals surface area contributed by atoms with Crippen LogP contribution in [0.15, 0.2) is 0 Å². The van der Waals surface area contributed by atoms with Crippen LogP contribution in [0.5, 0.6) is 0 Å². The predicted octanol–water partition coefficient (Wildman–Crippen LogP) is 6.47. The highest BCUT2D eigenvalue weighted by molar-refractivity contribution is 7.59. The van der Waals surface area contributed by atoms with Gasteiger partial charge in [-0.05, 0) is 77.0 Å². The highest BCUT2D eigenvalue weighted by atomic mass is 31.1. The molecular formula is C18H33P+. The van der Waals surface area contributed by atoms with Crippen LogP contribution >= 0.6 is 7.92 Å². The molecular weight excluding hydrogens is 247 g/mol. The Kier molecular flexibility index (Phi) is 5.63. The first-order valence-electron chi connectivity index (χ1n) is 9.22. The van der Waals surface area contributed by atoms with Crippen molar-refractivity contribution in [2.45, 2.75) is 113 Å². The van der Waals surface area contributed by atoms with Crippen molar-refractivity contribution in [1.82, 2.24) is 0 Å². The van der Waals surface area contributed by atoms with E-state index in [1.807, 2.05) is 0 Å². The van der Waals surface area contributed by atoms with Crippen molar-refractivity contribution in [3.05, 3.63) is 0 Å². The molecule has 0 nitrogen and oxygen atoms in total. The summed E-state index contributed by atoms with van der Waals surface area (Å²) < 4.78 is 0. The standard InChI is InChI=1S/C18H33P/c1-4-10-16(11-5-1)19(17-12-6-2-7-13-17)18-14-8-3-9-15-18/h16-18H,1-15H2/q+1. The Morgan fingerprint density at radius 2 is 0.632 bits per heavy atom. The molecule has 0 bridgehead atoms. The zero-order chi connectivity index (χ0) is 12.9. The molecule has 0 aromatic heterocycles. The lowest BCUT2D eigenvalue weighted by molar-refractivity contribution is 0.460. The van der Waals surface area contributed by atoms with E-state index in [1.54, 1.807) is 77.0 Å². The van der Waals surface area contributed by atoms with Crippen LogP contribution in [-0.2, 0) is 0 Å². The van der Waals surface area contributed by atoms with E-state index >= 15 is 0 Å². The van der Waals surface area contributed by atoms with Gasteiger partial charge in [0.15, 0.2) is 0 Å². The van der Waals surface area contributed by atoms with Gasteiger partial charge in [-0.1, -0.05) is 19.3 Å². The van der Waals surface area contributed by atoms with Gasteiger partial charge in [0.05, 0.1) is 0 Å². The summed E-state index contributed by atoms with van der Waals surface area (Å²) in [4.78, 5) is 0. The number of hydrogen-bond donors (Lipinski definition) is 0. The number of hydrogen-bond acceptors (Lipinski definition) is 0. The van der Waals surface area contributed by atoms with E-state index in [2.05, 4.69) is 0 Å². The van der Waals surface area contributed by atoms with E-state index in [0.717, 1.165) is 0 Å². The molecule has 0 N–H and O–H groups in total. The Bertz CT molecular complexity index is 202. The Balaban J connectivity index is 1.68. The predicted molar refractivity (Wildman–Crippen MR) is 87.5 cm³/mol. The molecule has 3 aliphatic carbocycles. The Labute approximate surface area is 121 Å². The second-order valence-electron chi connectivity index (χ2n) is 7.32. The maximum atomic E-state index is 1.61. The third-order valence-electron chi connectivity index (χ3n) is 5.99. The molecule has 0 amide bonds. The van der Waals surface area contributed by atoms with Crippen LogP contribution in [-0.4, -0.2) is 17.0 Å². The fourth-order valence-corrected chi connectivity index (χ4v) is 9.71. The molecule has 109 valence electrons. The molecule has 1 radical (unpaired) electrons. The fraction of sp³-hybridized carbons (Fsp3) is 1.00. The molecule has 3 fully saturated rings. The van der Waals surface area contributed by atoms with Crippen LogP contribution in [0.1, 0.15) is 96.3 Å². The van der Waals surface area contributed by atoms with Crippen LogP contribution in [0.25, 0.3) is 0 Å². The molecule has 0 heterocycles. The minimum absolute atomic E-state index is 0.385. The molecule has 19 heavy (non-hydrogen) atoms. The first-order chi connectivity index (χ1) is 9.45. The van der Waals surface area contributed by atoms with Gasteiger partial charge < -0.3 is 0 Å². The molecule has 0 aromatic rings. The summed E-state index contributed by atoms with van der Waals surface area (Å²) in [6, 6.07) is 0. The largest absolute Gasteiger partial charge is 0.144 e. The minimum Gasteiger partial charge on any atom is -0.0530 e. The second-order valence-corrected chi connectivity index (χ2v) is 10.4. The highest BCUT2D eigenvalue weighted by Gasteiger charge is 2.47. The van der Waals surface area contributed by atoms with E-state index in [-0.39, 0.29) is 0 Å². The third kappa shape index (κ3) is 3.75. The van der Waals surface area contributed by atoms with E-state index < -0.39 is 0 Å². The quantitative estimate of drug-likeness (QED) is 0.520. The smallest absolute Gasteiger partial charge is 0.0530 e. The van der Waals surface area contributed by atoms with Crippen molar-refractivity contribution in [1.29, 1.82) is 0 Å². The summed E-state index contributed by atoms with van der Waals surface area (Å²) in [7, 11) is 0.385. The average molecular weight is 280 g/mol. The summed E-state index contributed by atoms with van der Waals surface area (Å²) in [5, 5.41) is 0. The minimum atomic E-state index is 0.385. The molecule has 0 spiro atoms. The second kappa shape index (κ2) is 7.44. The molecule has 0 saturated heterocycles. The summed E-state index contributed by atoms with van der Waals surface area (Å²) in [5.74, 6) is 0. The van der Waals surface area contributed by atoms with Crippen LogP contribution in [0.2, 0.25) is 0 Å². The van der Waals surface area contributed by atoms with Gasteiger partial charge in [-0.25, -0.2) is 0 Å². The topological polar surface area (TPSA) is 0 Å². The van der Waals surface area contributed by atoms with Crippen LogP contribution in [0.3, 0.4) is 0 Å². The monoisotopic (exact) mass is 280 g/mol. The van der Waals surface area contributed by atoms with Gasteiger partial charge in [0, 0.05) is 0 Å². The maximum absolute atomic E-state index is 1.61. The van der Waals surface area contributed by atoms with Crippen LogP contribution in [0.4, 0.5) is 0 Å². The van der Waals surface area contributed by atoms with Crippen molar-refractivity contribution < 1.29 is 0 Å². The van der Waals surface area contributed by atoms with Crippen molar-refractivity contribution in [3.63, 3.8) is 0 Å². The van der Waals surface area contributed by atoms with Crippen LogP contribution in [0, 0.1) is 0 Å². The molecule has 0 atom stereocenters. The fourth-order valence-electron chi connectivity index (χ4n) is 5.03. The van der Waals surface area contributed by atoms with Crippen LogP contribution < -0.4 is 0 Å². The van der Waals surface area contributed by atoms with Gasteiger partial charge >= 0.3 is 0 Å².